The Hall–Kier alpha value is -4.36. The van der Waals surface area contributed by atoms with Crippen LogP contribution >= 0.6 is 0 Å². The van der Waals surface area contributed by atoms with Gasteiger partial charge in [-0.2, -0.15) is 41.6 Å². The van der Waals surface area contributed by atoms with Crippen LogP contribution in [-0.2, 0) is 26.2 Å². The van der Waals surface area contributed by atoms with Crippen LogP contribution in [0, 0.1) is 47.6 Å². The van der Waals surface area contributed by atoms with Gasteiger partial charge in [0.1, 0.15) is 0 Å². The van der Waals surface area contributed by atoms with E-state index in [2.05, 4.69) is 197 Å². The van der Waals surface area contributed by atoms with Crippen LogP contribution in [0.5, 0.6) is 0 Å². The van der Waals surface area contributed by atoms with Crippen molar-refractivity contribution in [2.75, 3.05) is 0 Å². The summed E-state index contributed by atoms with van der Waals surface area (Å²) < 4.78 is 0. The zero-order valence-electron chi connectivity index (χ0n) is 36.2. The molecule has 0 spiro atoms. The van der Waals surface area contributed by atoms with Gasteiger partial charge >= 0.3 is 26.2 Å². The van der Waals surface area contributed by atoms with E-state index in [-0.39, 0.29) is 26.2 Å². The molecule has 8 aromatic rings. The van der Waals surface area contributed by atoms with Crippen molar-refractivity contribution in [1.29, 1.82) is 0 Å². The van der Waals surface area contributed by atoms with E-state index >= 15 is 0 Å². The van der Waals surface area contributed by atoms with Gasteiger partial charge < -0.3 is 0 Å². The van der Waals surface area contributed by atoms with Crippen molar-refractivity contribution in [3.63, 3.8) is 0 Å². The molecule has 8 aromatic carbocycles. The Morgan fingerprint density at radius 3 is 1.48 bits per heavy atom. The normalized spacial score (nSPS) is 12.4. The number of hydrogen-bond acceptors (Lipinski definition) is 0. The zero-order chi connectivity index (χ0) is 40.4. The summed E-state index contributed by atoms with van der Waals surface area (Å²) in [5, 5.41) is 8.35. The molecule has 0 saturated carbocycles. The summed E-state index contributed by atoms with van der Waals surface area (Å²) in [5.41, 5.74) is 19.4. The summed E-state index contributed by atoms with van der Waals surface area (Å²) >= 11 is 0. The Kier molecular flexibility index (Phi) is 13.9. The van der Waals surface area contributed by atoms with Crippen LogP contribution in [0.4, 0.5) is 0 Å². The molecule has 0 aromatic heterocycles. The molecule has 0 N–H and O–H groups in total. The van der Waals surface area contributed by atoms with Crippen LogP contribution in [0.2, 0.25) is 0 Å². The molecule has 1 aliphatic rings. The first-order valence-electron chi connectivity index (χ1n) is 20.9. The van der Waals surface area contributed by atoms with Crippen LogP contribution in [-0.4, -0.2) is 9.52 Å². The quantitative estimate of drug-likeness (QED) is 0.116. The molecule has 0 amide bonds. The van der Waals surface area contributed by atoms with Crippen molar-refractivity contribution >= 4 is 41.4 Å². The standard InChI is InChI=1S/2C22H25.C12H7Si.Zr/c2*1-6-15(3)19-12-18-8-7-9-20(22(18)13-19)21-11-14(2)10-16(4)17(21)5;1-3-7-11-9(5-1)10-6-2-4-8-12(10)13-11;/h2*7-13,15H,6H2,1-5H3;1-7H;/q3*-1;+3. The molecule has 2 heteroatoms. The fraction of sp³-hybridized carbons (Fsp3) is 0.250. The number of rotatable bonds is 6. The smallest absolute Gasteiger partial charge is 0.184 e. The van der Waals surface area contributed by atoms with Gasteiger partial charge in [0.05, 0.1) is 9.52 Å². The molecule has 1 aliphatic heterocycles. The number of fused-ring (bicyclic) bond motifs is 5. The van der Waals surface area contributed by atoms with Gasteiger partial charge in [-0.3, -0.25) is 0 Å². The van der Waals surface area contributed by atoms with Crippen molar-refractivity contribution in [2.45, 2.75) is 93.9 Å². The summed E-state index contributed by atoms with van der Waals surface area (Å²) in [7, 11) is 0.795. The van der Waals surface area contributed by atoms with Crippen molar-refractivity contribution in [3.05, 3.63) is 178 Å². The predicted octanol–water partition coefficient (Wildman–Crippen LogP) is 14.4. The Morgan fingerprint density at radius 2 is 0.983 bits per heavy atom. The average molecular weight is 849 g/mol. The monoisotopic (exact) mass is 847 g/mol. The Balaban J connectivity index is 0.000000150. The molecule has 0 saturated heterocycles. The third-order valence-corrected chi connectivity index (χ3v) is 13.8. The molecule has 0 bridgehead atoms. The number of aryl methyl sites for hydroxylation is 4. The number of benzene rings is 6. The second-order valence-corrected chi connectivity index (χ2v) is 17.7. The minimum absolute atomic E-state index is 0. The molecule has 0 fully saturated rings. The average Bonchev–Trinajstić information content (AvgIpc) is 3.96. The molecule has 58 heavy (non-hydrogen) atoms. The van der Waals surface area contributed by atoms with Gasteiger partial charge in [-0.15, -0.1) is 74.6 Å². The predicted molar refractivity (Wildman–Crippen MR) is 252 cm³/mol. The van der Waals surface area contributed by atoms with Gasteiger partial charge in [-0.1, -0.05) is 134 Å². The maximum Gasteiger partial charge on any atom is 3.00 e. The Morgan fingerprint density at radius 1 is 0.517 bits per heavy atom. The first kappa shape index (κ1) is 43.2. The second kappa shape index (κ2) is 18.7. The van der Waals surface area contributed by atoms with Gasteiger partial charge in [0.15, 0.2) is 0 Å². The zero-order valence-corrected chi connectivity index (χ0v) is 39.7. The molecule has 1 heterocycles. The van der Waals surface area contributed by atoms with Crippen LogP contribution < -0.4 is 10.4 Å². The van der Waals surface area contributed by atoms with Crippen molar-refractivity contribution in [1.82, 2.24) is 0 Å². The summed E-state index contributed by atoms with van der Waals surface area (Å²) in [4.78, 5) is 0. The molecule has 2 unspecified atom stereocenters. The number of hydrogen-bond donors (Lipinski definition) is 0. The second-order valence-electron chi connectivity index (χ2n) is 16.5. The first-order valence-corrected chi connectivity index (χ1v) is 21.9. The molecule has 0 nitrogen and oxygen atoms in total. The molecular formula is C56H57SiZr. The minimum atomic E-state index is 0. The van der Waals surface area contributed by atoms with Gasteiger partial charge in [0.2, 0.25) is 0 Å². The maximum absolute atomic E-state index is 3.31. The maximum atomic E-state index is 3.31. The van der Waals surface area contributed by atoms with Gasteiger partial charge in [0, 0.05) is 0 Å². The minimum Gasteiger partial charge on any atom is -0.184 e. The van der Waals surface area contributed by atoms with E-state index in [0.29, 0.717) is 11.8 Å². The van der Waals surface area contributed by atoms with Crippen LogP contribution in [0.1, 0.15) is 96.9 Å². The van der Waals surface area contributed by atoms with Crippen molar-refractivity contribution < 1.29 is 26.2 Å². The van der Waals surface area contributed by atoms with E-state index in [9.17, 15) is 0 Å². The fourth-order valence-electron chi connectivity index (χ4n) is 8.39. The van der Waals surface area contributed by atoms with Crippen molar-refractivity contribution in [2.24, 2.45) is 0 Å². The van der Waals surface area contributed by atoms with Gasteiger partial charge in [-0.25, -0.2) is 0 Å². The molecular weight excluding hydrogens is 792 g/mol. The topological polar surface area (TPSA) is 0 Å². The summed E-state index contributed by atoms with van der Waals surface area (Å²) in [6.45, 7) is 22.4. The molecule has 0 aliphatic carbocycles. The van der Waals surface area contributed by atoms with E-state index in [0.717, 1.165) is 9.52 Å². The molecule has 9 rings (SSSR count). The van der Waals surface area contributed by atoms with E-state index in [1.165, 1.54) is 123 Å². The largest absolute Gasteiger partial charge is 3.00 e. The van der Waals surface area contributed by atoms with E-state index in [4.69, 9.17) is 0 Å². The SMILES string of the molecule is CCC(C)c1cc2c(-c3cc(C)cc(C)c3C)cccc2[cH-]1.CCC(C)c1cc2c(-c3cc(C)cc(C)c3C)cccc2[cH-]1.[Zr+3].[c-]1cccc2c1[Si]c1ccccc1-2. The third kappa shape index (κ3) is 8.95. The van der Waals surface area contributed by atoms with Crippen LogP contribution in [0.15, 0.2) is 127 Å². The molecule has 3 radical (unpaired) electrons. The van der Waals surface area contributed by atoms with Crippen LogP contribution in [0.3, 0.4) is 0 Å². The van der Waals surface area contributed by atoms with Crippen molar-refractivity contribution in [3.8, 4) is 33.4 Å². The van der Waals surface area contributed by atoms with Crippen LogP contribution in [0.25, 0.3) is 54.9 Å². The molecule has 289 valence electrons. The van der Waals surface area contributed by atoms with Gasteiger partial charge in [0.25, 0.3) is 0 Å². The Labute approximate surface area is 370 Å². The summed E-state index contributed by atoms with van der Waals surface area (Å²) in [6.07, 6.45) is 2.38. The van der Waals surface area contributed by atoms with E-state index in [1.54, 1.807) is 0 Å². The van der Waals surface area contributed by atoms with Gasteiger partial charge in [-0.05, 0) is 86.8 Å². The first-order chi connectivity index (χ1) is 27.5. The summed E-state index contributed by atoms with van der Waals surface area (Å²) in [6, 6.07) is 50.3. The molecule has 2 atom stereocenters. The van der Waals surface area contributed by atoms with E-state index < -0.39 is 0 Å². The summed E-state index contributed by atoms with van der Waals surface area (Å²) in [5.74, 6) is 1.25. The van der Waals surface area contributed by atoms with E-state index in [1.807, 2.05) is 6.07 Å². The Bertz CT molecular complexity index is 2500. The fourth-order valence-corrected chi connectivity index (χ4v) is 9.70. The third-order valence-electron chi connectivity index (χ3n) is 12.4.